The van der Waals surface area contributed by atoms with Gasteiger partial charge < -0.3 is 10.1 Å². The Kier molecular flexibility index (Phi) is 5.67. The molecule has 5 nitrogen and oxygen atoms in total. The molecule has 1 N–H and O–H groups in total. The van der Waals surface area contributed by atoms with Gasteiger partial charge in [0.25, 0.3) is 5.69 Å². The molecule has 1 unspecified atom stereocenters. The fourth-order valence-electron chi connectivity index (χ4n) is 1.84. The second-order valence-corrected chi connectivity index (χ2v) is 3.94. The summed E-state index contributed by atoms with van der Waals surface area (Å²) in [6, 6.07) is 3.43. The monoisotopic (exact) mass is 256 g/mol. The third kappa shape index (κ3) is 4.05. The molecule has 1 aromatic rings. The summed E-state index contributed by atoms with van der Waals surface area (Å²) in [6.07, 6.45) is 0.357. The fraction of sp³-hybridized carbons (Fsp3) is 0.500. The van der Waals surface area contributed by atoms with Crippen molar-refractivity contribution >= 4 is 5.69 Å². The number of hydrogen-bond donors (Lipinski definition) is 1. The molecule has 0 amide bonds. The molecule has 100 valence electrons. The van der Waals surface area contributed by atoms with E-state index in [-0.39, 0.29) is 11.7 Å². The van der Waals surface area contributed by atoms with Gasteiger partial charge in [0.05, 0.1) is 11.5 Å². The van der Waals surface area contributed by atoms with E-state index in [1.165, 1.54) is 12.1 Å². The van der Waals surface area contributed by atoms with Crippen LogP contribution in [-0.2, 0) is 11.2 Å². The van der Waals surface area contributed by atoms with Crippen molar-refractivity contribution < 1.29 is 14.1 Å². The fourth-order valence-corrected chi connectivity index (χ4v) is 1.84. The zero-order valence-corrected chi connectivity index (χ0v) is 10.5. The maximum Gasteiger partial charge on any atom is 0.272 e. The first kappa shape index (κ1) is 14.5. The van der Waals surface area contributed by atoms with Crippen molar-refractivity contribution in [2.45, 2.75) is 19.4 Å². The van der Waals surface area contributed by atoms with E-state index in [9.17, 15) is 14.5 Å². The first-order valence-corrected chi connectivity index (χ1v) is 5.73. The molecule has 18 heavy (non-hydrogen) atoms. The van der Waals surface area contributed by atoms with Crippen LogP contribution in [0.25, 0.3) is 0 Å². The van der Waals surface area contributed by atoms with Crippen LogP contribution >= 0.6 is 0 Å². The molecule has 0 aliphatic rings. The number of nitro groups is 1. The molecule has 0 aromatic heterocycles. The lowest BCUT2D eigenvalue weighted by atomic mass is 10.0. The van der Waals surface area contributed by atoms with E-state index >= 15 is 0 Å². The zero-order chi connectivity index (χ0) is 13.5. The quantitative estimate of drug-likeness (QED) is 0.597. The molecular formula is C12H17FN2O3. The van der Waals surface area contributed by atoms with Gasteiger partial charge in [-0.3, -0.25) is 10.1 Å². The Morgan fingerprint density at radius 2 is 2.28 bits per heavy atom. The molecule has 1 atom stereocenters. The summed E-state index contributed by atoms with van der Waals surface area (Å²) in [7, 11) is 1.56. The van der Waals surface area contributed by atoms with E-state index in [4.69, 9.17) is 4.74 Å². The number of likely N-dealkylation sites (N-methyl/N-ethyl adjacent to an activating group) is 1. The van der Waals surface area contributed by atoms with E-state index in [1.807, 2.05) is 6.92 Å². The van der Waals surface area contributed by atoms with Crippen molar-refractivity contribution in [3.05, 3.63) is 39.7 Å². The molecule has 0 radical (unpaired) electrons. The summed E-state index contributed by atoms with van der Waals surface area (Å²) >= 11 is 0. The summed E-state index contributed by atoms with van der Waals surface area (Å²) in [5.41, 5.74) is 0.318. The third-order valence-corrected chi connectivity index (χ3v) is 2.57. The zero-order valence-electron chi connectivity index (χ0n) is 10.5. The van der Waals surface area contributed by atoms with Crippen LogP contribution < -0.4 is 5.32 Å². The normalized spacial score (nSPS) is 12.4. The molecule has 1 aromatic carbocycles. The molecule has 1 rings (SSSR count). The highest BCUT2D eigenvalue weighted by molar-refractivity contribution is 5.40. The lowest BCUT2D eigenvalue weighted by Crippen LogP contribution is -2.35. The van der Waals surface area contributed by atoms with Crippen LogP contribution in [0.1, 0.15) is 12.5 Å². The first-order chi connectivity index (χ1) is 8.58. The van der Waals surface area contributed by atoms with Crippen molar-refractivity contribution in [2.75, 3.05) is 20.3 Å². The number of nitro benzene ring substituents is 1. The molecule has 0 bridgehead atoms. The number of benzene rings is 1. The van der Waals surface area contributed by atoms with Gasteiger partial charge in [-0.05, 0) is 25.1 Å². The molecule has 6 heteroatoms. The van der Waals surface area contributed by atoms with Crippen LogP contribution in [0.3, 0.4) is 0 Å². The Labute approximate surface area is 105 Å². The molecule has 0 saturated heterocycles. The minimum atomic E-state index is -0.495. The van der Waals surface area contributed by atoms with Crippen LogP contribution in [0.15, 0.2) is 18.2 Å². The van der Waals surface area contributed by atoms with Crippen LogP contribution in [0.5, 0.6) is 0 Å². The number of nitrogens with one attached hydrogen (secondary N) is 1. The summed E-state index contributed by atoms with van der Waals surface area (Å²) < 4.78 is 18.2. The van der Waals surface area contributed by atoms with Gasteiger partial charge in [0, 0.05) is 24.8 Å². The second kappa shape index (κ2) is 7.03. The first-order valence-electron chi connectivity index (χ1n) is 5.73. The van der Waals surface area contributed by atoms with Crippen molar-refractivity contribution in [1.82, 2.24) is 5.32 Å². The minimum absolute atomic E-state index is 0.0598. The number of halogens is 1. The number of ether oxygens (including phenoxy) is 1. The topological polar surface area (TPSA) is 64.4 Å². The highest BCUT2D eigenvalue weighted by Gasteiger charge is 2.18. The van der Waals surface area contributed by atoms with Gasteiger partial charge >= 0.3 is 0 Å². The molecule has 0 heterocycles. The van der Waals surface area contributed by atoms with E-state index in [0.29, 0.717) is 18.6 Å². The maximum absolute atomic E-state index is 13.2. The van der Waals surface area contributed by atoms with Crippen LogP contribution in [0.2, 0.25) is 0 Å². The Morgan fingerprint density at radius 1 is 1.56 bits per heavy atom. The van der Waals surface area contributed by atoms with Crippen LogP contribution in [0, 0.1) is 15.9 Å². The predicted octanol–water partition coefficient (Wildman–Crippen LogP) is 1.90. The summed E-state index contributed by atoms with van der Waals surface area (Å²) in [5.74, 6) is -0.469. The van der Waals surface area contributed by atoms with Crippen molar-refractivity contribution in [1.29, 1.82) is 0 Å². The van der Waals surface area contributed by atoms with E-state index in [1.54, 1.807) is 7.11 Å². The predicted molar refractivity (Wildman–Crippen MR) is 66.1 cm³/mol. The molecule has 0 saturated carbocycles. The van der Waals surface area contributed by atoms with Gasteiger partial charge in [0.1, 0.15) is 5.82 Å². The average molecular weight is 256 g/mol. The van der Waals surface area contributed by atoms with Gasteiger partial charge in [-0.25, -0.2) is 4.39 Å². The van der Waals surface area contributed by atoms with Crippen molar-refractivity contribution in [3.8, 4) is 0 Å². The number of methoxy groups -OCH3 is 1. The molecule has 0 aliphatic heterocycles. The van der Waals surface area contributed by atoms with Gasteiger partial charge in [-0.2, -0.15) is 0 Å². The average Bonchev–Trinajstić information content (AvgIpc) is 2.29. The summed E-state index contributed by atoms with van der Waals surface area (Å²) in [5, 5.41) is 14.0. The van der Waals surface area contributed by atoms with E-state index < -0.39 is 10.7 Å². The Morgan fingerprint density at radius 3 is 2.83 bits per heavy atom. The SMILES string of the molecule is CCNC(COC)Cc1cc(F)ccc1[N+](=O)[O-]. The Hall–Kier alpha value is -1.53. The number of hydrogen-bond acceptors (Lipinski definition) is 4. The van der Waals surface area contributed by atoms with Gasteiger partial charge in [-0.1, -0.05) is 6.92 Å². The smallest absolute Gasteiger partial charge is 0.272 e. The number of rotatable bonds is 7. The van der Waals surface area contributed by atoms with E-state index in [2.05, 4.69) is 5.32 Å². The van der Waals surface area contributed by atoms with E-state index in [0.717, 1.165) is 12.6 Å². The third-order valence-electron chi connectivity index (χ3n) is 2.57. The molecule has 0 fully saturated rings. The lowest BCUT2D eigenvalue weighted by Gasteiger charge is -2.16. The molecule has 0 spiro atoms. The standard InChI is InChI=1S/C12H17FN2O3/c1-3-14-11(8-18-2)7-9-6-10(13)4-5-12(9)15(16)17/h4-6,11,14H,3,7-8H2,1-2H3. The highest BCUT2D eigenvalue weighted by atomic mass is 19.1. The largest absolute Gasteiger partial charge is 0.383 e. The highest BCUT2D eigenvalue weighted by Crippen LogP contribution is 2.21. The van der Waals surface area contributed by atoms with Crippen molar-refractivity contribution in [2.24, 2.45) is 0 Å². The lowest BCUT2D eigenvalue weighted by molar-refractivity contribution is -0.385. The Balaban J connectivity index is 2.92. The van der Waals surface area contributed by atoms with Gasteiger partial charge in [-0.15, -0.1) is 0 Å². The van der Waals surface area contributed by atoms with Crippen molar-refractivity contribution in [3.63, 3.8) is 0 Å². The summed E-state index contributed by atoms with van der Waals surface area (Å²) in [6.45, 7) is 3.07. The second-order valence-electron chi connectivity index (χ2n) is 3.94. The summed E-state index contributed by atoms with van der Waals surface area (Å²) in [4.78, 5) is 10.4. The number of nitrogens with zero attached hydrogens (tertiary/aromatic N) is 1. The maximum atomic E-state index is 13.2. The van der Waals surface area contributed by atoms with Gasteiger partial charge in [0.15, 0.2) is 0 Å². The minimum Gasteiger partial charge on any atom is -0.383 e. The van der Waals surface area contributed by atoms with Crippen LogP contribution in [-0.4, -0.2) is 31.2 Å². The molecule has 0 aliphatic carbocycles. The molecular weight excluding hydrogens is 239 g/mol. The Bertz CT molecular complexity index is 406. The van der Waals surface area contributed by atoms with Crippen LogP contribution in [0.4, 0.5) is 10.1 Å². The van der Waals surface area contributed by atoms with Gasteiger partial charge in [0.2, 0.25) is 0 Å².